The van der Waals surface area contributed by atoms with Crippen molar-refractivity contribution in [1.29, 1.82) is 0 Å². The molecule has 0 atom stereocenters. The number of nitrogens with zero attached hydrogens (tertiary/aromatic N) is 1. The third-order valence-electron chi connectivity index (χ3n) is 13.6. The molecule has 60 heavy (non-hydrogen) atoms. The first-order chi connectivity index (χ1) is 29.1. The maximum absolute atomic E-state index is 6.55. The number of hydrogen-bond donors (Lipinski definition) is 1. The zero-order valence-corrected chi connectivity index (χ0v) is 34.2. The van der Waals surface area contributed by atoms with Crippen LogP contribution in [0.3, 0.4) is 0 Å². The van der Waals surface area contributed by atoms with Crippen LogP contribution in [0.4, 0.5) is 11.4 Å². The standard InChI is InChI=1S/C55H40BN2O2/c1-54(2,3)30-18-20-31(21-19-30)57-43-28-48-38(32-12-7-10-16-46(32)59-48)26-37(43)34-22-23-36-51-44(25-24-41-50(51)35-14-6-9-15-40(35)55(41,4)5)58-45-29-49-39(27-42(45)56-52(34)53(36)58)33-13-8-11-17-47(33)60-49/h6-29,57H,1-5H3. The Labute approximate surface area is 348 Å². The molecule has 285 valence electrons. The van der Waals surface area contributed by atoms with Gasteiger partial charge in [0.1, 0.15) is 22.3 Å². The van der Waals surface area contributed by atoms with Crippen molar-refractivity contribution in [2.24, 2.45) is 0 Å². The smallest absolute Gasteiger partial charge is 0.197 e. The van der Waals surface area contributed by atoms with Crippen LogP contribution in [-0.4, -0.2) is 11.8 Å². The molecule has 4 heterocycles. The summed E-state index contributed by atoms with van der Waals surface area (Å²) in [5, 5.41) is 10.9. The van der Waals surface area contributed by atoms with Gasteiger partial charge in [0.15, 0.2) is 7.28 Å². The lowest BCUT2D eigenvalue weighted by Crippen LogP contribution is -2.37. The van der Waals surface area contributed by atoms with Crippen molar-refractivity contribution in [1.82, 2.24) is 4.57 Å². The van der Waals surface area contributed by atoms with Gasteiger partial charge in [-0.3, -0.25) is 0 Å². The molecule has 1 aliphatic heterocycles. The van der Waals surface area contributed by atoms with E-state index in [1.54, 1.807) is 0 Å². The van der Waals surface area contributed by atoms with Gasteiger partial charge in [-0.1, -0.05) is 137 Å². The molecule has 0 fully saturated rings. The molecular weight excluding hydrogens is 731 g/mol. The molecule has 0 amide bonds. The highest BCUT2D eigenvalue weighted by Crippen LogP contribution is 2.53. The summed E-state index contributed by atoms with van der Waals surface area (Å²) in [6.45, 7) is 11.5. The van der Waals surface area contributed by atoms with Gasteiger partial charge in [0.2, 0.25) is 0 Å². The highest BCUT2D eigenvalue weighted by Gasteiger charge is 2.38. The van der Waals surface area contributed by atoms with E-state index in [2.05, 4.69) is 185 Å². The maximum Gasteiger partial charge on any atom is 0.197 e. The summed E-state index contributed by atoms with van der Waals surface area (Å²) in [4.78, 5) is 0. The topological polar surface area (TPSA) is 43.2 Å². The monoisotopic (exact) mass is 771 g/mol. The van der Waals surface area contributed by atoms with Crippen LogP contribution in [0.5, 0.6) is 0 Å². The van der Waals surface area contributed by atoms with E-state index in [0.717, 1.165) is 77.5 Å². The predicted molar refractivity (Wildman–Crippen MR) is 252 cm³/mol. The van der Waals surface area contributed by atoms with Crippen molar-refractivity contribution in [3.05, 3.63) is 162 Å². The Hall–Kier alpha value is -6.98. The van der Waals surface area contributed by atoms with E-state index in [-0.39, 0.29) is 10.8 Å². The van der Waals surface area contributed by atoms with E-state index in [0.29, 0.717) is 0 Å². The molecule has 1 radical (unpaired) electrons. The Morgan fingerprint density at radius 1 is 0.567 bits per heavy atom. The minimum Gasteiger partial charge on any atom is -0.456 e. The molecule has 0 saturated carbocycles. The van der Waals surface area contributed by atoms with E-state index in [1.165, 1.54) is 55.1 Å². The van der Waals surface area contributed by atoms with E-state index in [4.69, 9.17) is 8.83 Å². The molecule has 0 spiro atoms. The highest BCUT2D eigenvalue weighted by atomic mass is 16.3. The molecule has 3 aromatic heterocycles. The van der Waals surface area contributed by atoms with Crippen LogP contribution in [0.25, 0.3) is 93.6 Å². The second-order valence-corrected chi connectivity index (χ2v) is 18.4. The first-order valence-corrected chi connectivity index (χ1v) is 21.0. The van der Waals surface area contributed by atoms with Gasteiger partial charge < -0.3 is 18.7 Å². The van der Waals surface area contributed by atoms with Gasteiger partial charge in [-0.15, -0.1) is 0 Å². The van der Waals surface area contributed by atoms with Crippen LogP contribution in [0.2, 0.25) is 0 Å². The molecule has 0 bridgehead atoms. The summed E-state index contributed by atoms with van der Waals surface area (Å²) in [7, 11) is 2.42. The van der Waals surface area contributed by atoms with Crippen molar-refractivity contribution in [2.75, 3.05) is 5.32 Å². The molecule has 1 N–H and O–H groups in total. The lowest BCUT2D eigenvalue weighted by Gasteiger charge is -2.24. The Morgan fingerprint density at radius 3 is 2.00 bits per heavy atom. The molecule has 0 saturated heterocycles. The van der Waals surface area contributed by atoms with E-state index in [1.807, 2.05) is 12.1 Å². The van der Waals surface area contributed by atoms with Crippen LogP contribution in [0.15, 0.2) is 154 Å². The minimum atomic E-state index is -0.115. The highest BCUT2D eigenvalue weighted by molar-refractivity contribution is 6.74. The average Bonchev–Trinajstić information content (AvgIpc) is 3.97. The molecular formula is C55H40BN2O2. The second kappa shape index (κ2) is 11.6. The molecule has 0 unspecified atom stereocenters. The van der Waals surface area contributed by atoms with Crippen LogP contribution >= 0.6 is 0 Å². The molecule has 8 aromatic carbocycles. The van der Waals surface area contributed by atoms with Crippen molar-refractivity contribution in [3.8, 4) is 27.9 Å². The fourth-order valence-corrected chi connectivity index (χ4v) is 10.6. The first kappa shape index (κ1) is 33.9. The summed E-state index contributed by atoms with van der Waals surface area (Å²) >= 11 is 0. The Kier molecular flexibility index (Phi) is 6.57. The van der Waals surface area contributed by atoms with Gasteiger partial charge in [0.25, 0.3) is 0 Å². The molecule has 13 rings (SSSR count). The minimum absolute atomic E-state index is 0.0613. The number of rotatable bonds is 3. The maximum atomic E-state index is 6.55. The predicted octanol–water partition coefficient (Wildman–Crippen LogP) is 13.6. The van der Waals surface area contributed by atoms with Crippen molar-refractivity contribution >= 4 is 95.3 Å². The van der Waals surface area contributed by atoms with Gasteiger partial charge >= 0.3 is 0 Å². The van der Waals surface area contributed by atoms with Gasteiger partial charge in [-0.25, -0.2) is 0 Å². The zero-order valence-electron chi connectivity index (χ0n) is 34.2. The number of para-hydroxylation sites is 2. The van der Waals surface area contributed by atoms with Crippen LogP contribution < -0.4 is 16.2 Å². The van der Waals surface area contributed by atoms with Crippen molar-refractivity contribution < 1.29 is 8.83 Å². The van der Waals surface area contributed by atoms with Gasteiger partial charge in [0.05, 0.1) is 11.2 Å². The third kappa shape index (κ3) is 4.52. The fourth-order valence-electron chi connectivity index (χ4n) is 10.6. The van der Waals surface area contributed by atoms with E-state index < -0.39 is 0 Å². The van der Waals surface area contributed by atoms with Crippen LogP contribution in [-0.2, 0) is 10.8 Å². The quantitative estimate of drug-likeness (QED) is 0.182. The first-order valence-electron chi connectivity index (χ1n) is 21.0. The van der Waals surface area contributed by atoms with Crippen molar-refractivity contribution in [2.45, 2.75) is 45.4 Å². The van der Waals surface area contributed by atoms with Crippen molar-refractivity contribution in [3.63, 3.8) is 0 Å². The van der Waals surface area contributed by atoms with Crippen LogP contribution in [0.1, 0.15) is 51.3 Å². The lowest BCUT2D eigenvalue weighted by atomic mass is 9.59. The molecule has 1 aliphatic carbocycles. The number of furan rings is 2. The number of hydrogen-bond acceptors (Lipinski definition) is 3. The number of benzene rings is 8. The summed E-state index contributed by atoms with van der Waals surface area (Å²) in [6, 6.07) is 53.2. The average molecular weight is 772 g/mol. The van der Waals surface area contributed by atoms with E-state index >= 15 is 0 Å². The van der Waals surface area contributed by atoms with E-state index in [9.17, 15) is 0 Å². The zero-order chi connectivity index (χ0) is 40.2. The summed E-state index contributed by atoms with van der Waals surface area (Å²) in [5.74, 6) is 0. The fraction of sp³-hybridized carbons (Fsp3) is 0.127. The lowest BCUT2D eigenvalue weighted by molar-refractivity contribution is 0.590. The molecule has 5 heteroatoms. The Bertz CT molecular complexity index is 3670. The number of aromatic nitrogens is 1. The summed E-state index contributed by atoms with van der Waals surface area (Å²) < 4.78 is 15.6. The van der Waals surface area contributed by atoms with Gasteiger partial charge in [0, 0.05) is 72.3 Å². The SMILES string of the molecule is CC(C)(C)c1ccc(Nc2cc3oc4ccccc4c3cc2-c2ccc3c4c5c(ccc4n4c3c2[B]c2cc3c(cc2-4)oc2ccccc23)C(C)(C)c2ccccc2-5)cc1. The third-order valence-corrected chi connectivity index (χ3v) is 13.6. The largest absolute Gasteiger partial charge is 0.456 e. The van der Waals surface area contributed by atoms with Gasteiger partial charge in [-0.05, 0) is 80.7 Å². The summed E-state index contributed by atoms with van der Waals surface area (Å²) in [5.41, 5.74) is 20.4. The van der Waals surface area contributed by atoms with Crippen LogP contribution in [0, 0.1) is 0 Å². The Balaban J connectivity index is 1.13. The molecule has 11 aromatic rings. The number of anilines is 2. The molecule has 2 aliphatic rings. The number of fused-ring (bicyclic) bond motifs is 15. The van der Waals surface area contributed by atoms with Gasteiger partial charge in [-0.2, -0.15) is 0 Å². The molecule has 4 nitrogen and oxygen atoms in total. The Morgan fingerprint density at radius 2 is 1.25 bits per heavy atom. The summed E-state index contributed by atoms with van der Waals surface area (Å²) in [6.07, 6.45) is 0. The normalized spacial score (nSPS) is 14.0. The second-order valence-electron chi connectivity index (χ2n) is 18.4. The number of nitrogens with one attached hydrogen (secondary N) is 1.